The van der Waals surface area contributed by atoms with E-state index in [-0.39, 0.29) is 17.3 Å². The van der Waals surface area contributed by atoms with Crippen molar-refractivity contribution in [3.05, 3.63) is 76.5 Å². The molecule has 0 aliphatic rings. The van der Waals surface area contributed by atoms with E-state index in [9.17, 15) is 13.2 Å². The fraction of sp³-hybridized carbons (Fsp3) is 0.190. The molecule has 0 saturated heterocycles. The van der Waals surface area contributed by atoms with E-state index in [0.717, 1.165) is 15.6 Å². The predicted molar refractivity (Wildman–Crippen MR) is 114 cm³/mol. The van der Waals surface area contributed by atoms with E-state index in [1.807, 2.05) is 30.3 Å². The van der Waals surface area contributed by atoms with E-state index in [0.29, 0.717) is 18.1 Å². The van der Waals surface area contributed by atoms with Gasteiger partial charge in [-0.15, -0.1) is 0 Å². The number of sulfonamides is 1. The number of nitrogens with zero attached hydrogens (tertiary/aromatic N) is 1. The molecule has 3 aromatic rings. The second-order valence-electron chi connectivity index (χ2n) is 6.59. The third-order valence-corrected chi connectivity index (χ3v) is 6.69. The number of carbonyl (C=O) groups is 1. The Morgan fingerprint density at radius 2 is 1.69 bits per heavy atom. The minimum absolute atomic E-state index is 0.118. The van der Waals surface area contributed by atoms with E-state index in [2.05, 4.69) is 21.2 Å². The van der Waals surface area contributed by atoms with Crippen LogP contribution < -0.4 is 5.32 Å². The molecule has 1 heterocycles. The van der Waals surface area contributed by atoms with Gasteiger partial charge >= 0.3 is 0 Å². The predicted octanol–water partition coefficient (Wildman–Crippen LogP) is 4.17. The number of hydrogen-bond donors (Lipinski definition) is 1. The number of carbonyl (C=O) groups excluding carboxylic acids is 1. The zero-order valence-corrected chi connectivity index (χ0v) is 18.5. The standard InChI is InChI=1S/C21H21BrN2O4S/c1-15(25)23-13-16-3-10-20(11-4-16)29(26,27)24(2)14-19-9-12-21(28-19)17-5-7-18(22)8-6-17/h3-12H,13-14H2,1-2H3,(H,23,25). The zero-order chi connectivity index (χ0) is 21.0. The maximum Gasteiger partial charge on any atom is 0.243 e. The fourth-order valence-electron chi connectivity index (χ4n) is 2.72. The Labute approximate surface area is 178 Å². The minimum atomic E-state index is -3.67. The Hall–Kier alpha value is -2.42. The van der Waals surface area contributed by atoms with Crippen molar-refractivity contribution in [2.24, 2.45) is 0 Å². The molecule has 0 radical (unpaired) electrons. The summed E-state index contributed by atoms with van der Waals surface area (Å²) < 4.78 is 33.7. The molecule has 0 unspecified atom stereocenters. The molecule has 1 aromatic heterocycles. The number of hydrogen-bond acceptors (Lipinski definition) is 4. The molecule has 152 valence electrons. The Morgan fingerprint density at radius 1 is 1.03 bits per heavy atom. The van der Waals surface area contributed by atoms with Crippen LogP contribution in [-0.4, -0.2) is 25.7 Å². The Kier molecular flexibility index (Phi) is 6.56. The summed E-state index contributed by atoms with van der Waals surface area (Å²) in [6, 6.07) is 17.8. The number of benzene rings is 2. The van der Waals surface area contributed by atoms with Gasteiger partial charge in [0.1, 0.15) is 11.5 Å². The zero-order valence-electron chi connectivity index (χ0n) is 16.1. The largest absolute Gasteiger partial charge is 0.460 e. The molecule has 0 bridgehead atoms. The van der Waals surface area contributed by atoms with Crippen molar-refractivity contribution in [1.82, 2.24) is 9.62 Å². The first-order valence-corrected chi connectivity index (χ1v) is 11.1. The van der Waals surface area contributed by atoms with Gasteiger partial charge in [0.2, 0.25) is 15.9 Å². The molecule has 0 saturated carbocycles. The Morgan fingerprint density at radius 3 is 2.31 bits per heavy atom. The molecule has 1 N–H and O–H groups in total. The maximum atomic E-state index is 12.8. The third-order valence-electron chi connectivity index (χ3n) is 4.34. The number of rotatable bonds is 7. The molecule has 1 amide bonds. The normalized spacial score (nSPS) is 11.6. The summed E-state index contributed by atoms with van der Waals surface area (Å²) >= 11 is 3.40. The van der Waals surface area contributed by atoms with E-state index in [4.69, 9.17) is 4.42 Å². The molecule has 0 spiro atoms. The highest BCUT2D eigenvalue weighted by molar-refractivity contribution is 9.10. The van der Waals surface area contributed by atoms with Crippen LogP contribution in [0.2, 0.25) is 0 Å². The van der Waals surface area contributed by atoms with Crippen molar-refractivity contribution < 1.29 is 17.6 Å². The van der Waals surface area contributed by atoms with E-state index >= 15 is 0 Å². The lowest BCUT2D eigenvalue weighted by atomic mass is 10.2. The van der Waals surface area contributed by atoms with Gasteiger partial charge in [-0.2, -0.15) is 4.31 Å². The van der Waals surface area contributed by atoms with Crippen LogP contribution in [0.1, 0.15) is 18.2 Å². The lowest BCUT2D eigenvalue weighted by Gasteiger charge is -2.16. The van der Waals surface area contributed by atoms with Crippen LogP contribution in [-0.2, 0) is 27.9 Å². The topological polar surface area (TPSA) is 79.6 Å². The van der Waals surface area contributed by atoms with Crippen LogP contribution >= 0.6 is 15.9 Å². The van der Waals surface area contributed by atoms with E-state index < -0.39 is 10.0 Å². The third kappa shape index (κ3) is 5.35. The number of amides is 1. The highest BCUT2D eigenvalue weighted by Crippen LogP contribution is 2.25. The second kappa shape index (κ2) is 8.94. The molecule has 8 heteroatoms. The molecular formula is C21H21BrN2O4S. The second-order valence-corrected chi connectivity index (χ2v) is 9.55. The van der Waals surface area contributed by atoms with Gasteiger partial charge in [-0.1, -0.05) is 40.2 Å². The average molecular weight is 477 g/mol. The summed E-state index contributed by atoms with van der Waals surface area (Å²) in [4.78, 5) is 11.2. The molecule has 0 fully saturated rings. The van der Waals surface area contributed by atoms with E-state index in [1.54, 1.807) is 30.3 Å². The molecule has 0 aliphatic carbocycles. The van der Waals surface area contributed by atoms with Gasteiger partial charge < -0.3 is 9.73 Å². The van der Waals surface area contributed by atoms with Gasteiger partial charge in [0, 0.05) is 30.6 Å². The lowest BCUT2D eigenvalue weighted by Crippen LogP contribution is -2.26. The quantitative estimate of drug-likeness (QED) is 0.554. The van der Waals surface area contributed by atoms with Crippen molar-refractivity contribution in [3.8, 4) is 11.3 Å². The highest BCUT2D eigenvalue weighted by Gasteiger charge is 2.22. The lowest BCUT2D eigenvalue weighted by molar-refractivity contribution is -0.119. The van der Waals surface area contributed by atoms with Crippen LogP contribution in [0, 0.1) is 0 Å². The Bertz CT molecular complexity index is 1090. The molecule has 29 heavy (non-hydrogen) atoms. The summed E-state index contributed by atoms with van der Waals surface area (Å²) in [5, 5.41) is 2.68. The van der Waals surface area contributed by atoms with Gasteiger partial charge in [0.05, 0.1) is 11.4 Å². The summed E-state index contributed by atoms with van der Waals surface area (Å²) in [5.41, 5.74) is 1.74. The summed E-state index contributed by atoms with van der Waals surface area (Å²) in [6.45, 7) is 1.91. The van der Waals surface area contributed by atoms with Crippen molar-refractivity contribution in [1.29, 1.82) is 0 Å². The van der Waals surface area contributed by atoms with Crippen molar-refractivity contribution in [2.75, 3.05) is 7.05 Å². The van der Waals surface area contributed by atoms with E-state index in [1.165, 1.54) is 18.3 Å². The molecule has 3 rings (SSSR count). The van der Waals surface area contributed by atoms with Crippen LogP contribution in [0.3, 0.4) is 0 Å². The van der Waals surface area contributed by atoms with Crippen molar-refractivity contribution in [2.45, 2.75) is 24.9 Å². The number of halogens is 1. The molecule has 2 aromatic carbocycles. The smallest absolute Gasteiger partial charge is 0.243 e. The first-order valence-electron chi connectivity index (χ1n) is 8.90. The first-order chi connectivity index (χ1) is 13.8. The van der Waals surface area contributed by atoms with Crippen molar-refractivity contribution in [3.63, 3.8) is 0 Å². The SMILES string of the molecule is CC(=O)NCc1ccc(S(=O)(=O)N(C)Cc2ccc(-c3ccc(Br)cc3)o2)cc1. The Balaban J connectivity index is 1.70. The van der Waals surface area contributed by atoms with Crippen LogP contribution in [0.4, 0.5) is 0 Å². The highest BCUT2D eigenvalue weighted by atomic mass is 79.9. The van der Waals surface area contributed by atoms with Gasteiger partial charge in [0.25, 0.3) is 0 Å². The van der Waals surface area contributed by atoms with Crippen LogP contribution in [0.5, 0.6) is 0 Å². The van der Waals surface area contributed by atoms with Gasteiger partial charge in [-0.05, 0) is 42.0 Å². The maximum absolute atomic E-state index is 12.8. The van der Waals surface area contributed by atoms with Crippen LogP contribution in [0.15, 0.2) is 74.4 Å². The average Bonchev–Trinajstić information content (AvgIpc) is 3.15. The molecule has 0 aliphatic heterocycles. The number of nitrogens with one attached hydrogen (secondary N) is 1. The fourth-order valence-corrected chi connectivity index (χ4v) is 4.12. The van der Waals surface area contributed by atoms with Crippen LogP contribution in [0.25, 0.3) is 11.3 Å². The van der Waals surface area contributed by atoms with Crippen molar-refractivity contribution >= 4 is 31.9 Å². The molecular weight excluding hydrogens is 456 g/mol. The first kappa shape index (κ1) is 21.3. The minimum Gasteiger partial charge on any atom is -0.460 e. The summed E-state index contributed by atoms with van der Waals surface area (Å²) in [5.74, 6) is 1.10. The number of furan rings is 1. The monoisotopic (exact) mass is 476 g/mol. The summed E-state index contributed by atoms with van der Waals surface area (Å²) in [7, 11) is -2.15. The molecule has 6 nitrogen and oxygen atoms in total. The van der Waals surface area contributed by atoms with Gasteiger partial charge in [-0.25, -0.2) is 8.42 Å². The summed E-state index contributed by atoms with van der Waals surface area (Å²) in [6.07, 6.45) is 0. The molecule has 0 atom stereocenters. The van der Waals surface area contributed by atoms with Gasteiger partial charge in [-0.3, -0.25) is 4.79 Å². The van der Waals surface area contributed by atoms with Gasteiger partial charge in [0.15, 0.2) is 0 Å².